The normalized spacial score (nSPS) is 11.3. The van der Waals surface area contributed by atoms with Crippen molar-refractivity contribution in [3.63, 3.8) is 0 Å². The molecule has 0 saturated heterocycles. The fraction of sp³-hybridized carbons (Fsp3) is 0.143. The van der Waals surface area contributed by atoms with Gasteiger partial charge in [0.05, 0.1) is 6.54 Å². The zero-order chi connectivity index (χ0) is 22.4. The summed E-state index contributed by atoms with van der Waals surface area (Å²) in [4.78, 5) is 24.5. The van der Waals surface area contributed by atoms with Crippen LogP contribution in [0.15, 0.2) is 70.3 Å². The summed E-state index contributed by atoms with van der Waals surface area (Å²) in [5.74, 6) is -1.42. The summed E-state index contributed by atoms with van der Waals surface area (Å²) in [6.45, 7) is -0.175. The first kappa shape index (κ1) is 22.6. The van der Waals surface area contributed by atoms with Crippen LogP contribution in [0, 0.1) is 5.82 Å². The molecule has 0 aliphatic heterocycles. The van der Waals surface area contributed by atoms with Gasteiger partial charge in [-0.05, 0) is 47.3 Å². The molecule has 0 radical (unpaired) electrons. The summed E-state index contributed by atoms with van der Waals surface area (Å²) in [5.41, 5.74) is 1.38. The molecule has 2 aromatic carbocycles. The number of sulfonamides is 1. The van der Waals surface area contributed by atoms with Crippen LogP contribution < -0.4 is 10.6 Å². The summed E-state index contributed by atoms with van der Waals surface area (Å²) < 4.78 is 39.2. The highest BCUT2D eigenvalue weighted by Gasteiger charge is 2.23. The average molecular weight is 462 g/mol. The molecule has 1 heterocycles. The number of nitrogens with zero attached hydrogens (tertiary/aromatic N) is 1. The van der Waals surface area contributed by atoms with E-state index in [4.69, 9.17) is 0 Å². The molecule has 0 aliphatic rings. The van der Waals surface area contributed by atoms with Crippen molar-refractivity contribution in [3.8, 4) is 0 Å². The van der Waals surface area contributed by atoms with Crippen LogP contribution in [0.4, 0.5) is 10.1 Å². The number of hydrogen-bond donors (Lipinski definition) is 2. The van der Waals surface area contributed by atoms with Gasteiger partial charge in [-0.1, -0.05) is 24.3 Å². The van der Waals surface area contributed by atoms with Gasteiger partial charge < -0.3 is 10.6 Å². The molecule has 0 fully saturated rings. The summed E-state index contributed by atoms with van der Waals surface area (Å²) in [5, 5.41) is 6.99. The van der Waals surface area contributed by atoms with E-state index in [-0.39, 0.29) is 22.9 Å². The maximum Gasteiger partial charge on any atom is 0.255 e. The number of carbonyl (C=O) groups is 2. The zero-order valence-electron chi connectivity index (χ0n) is 16.5. The fourth-order valence-corrected chi connectivity index (χ4v) is 5.03. The predicted molar refractivity (Wildman–Crippen MR) is 117 cm³/mol. The summed E-state index contributed by atoms with van der Waals surface area (Å²) >= 11 is 1.08. The topological polar surface area (TPSA) is 95.6 Å². The monoisotopic (exact) mass is 461 g/mol. The number of rotatable bonds is 8. The standard InChI is InChI=1S/C21H20FN3O4S2/c1-25(31(28,29)20-9-4-10-30-20)14-19(26)23-13-15-5-2-8-18(11-15)24-21(27)16-6-3-7-17(22)12-16/h2-12H,13-14H2,1H3,(H,23,26)(H,24,27). The number of benzene rings is 2. The zero-order valence-corrected chi connectivity index (χ0v) is 18.2. The average Bonchev–Trinajstić information content (AvgIpc) is 3.28. The van der Waals surface area contributed by atoms with Crippen LogP contribution in [-0.2, 0) is 21.4 Å². The maximum atomic E-state index is 13.3. The smallest absolute Gasteiger partial charge is 0.255 e. The Kier molecular flexibility index (Phi) is 7.16. The summed E-state index contributed by atoms with van der Waals surface area (Å²) in [6.07, 6.45) is 0. The first-order valence-electron chi connectivity index (χ1n) is 9.18. The van der Waals surface area contributed by atoms with Gasteiger partial charge in [0.25, 0.3) is 15.9 Å². The van der Waals surface area contributed by atoms with E-state index in [2.05, 4.69) is 10.6 Å². The molecule has 31 heavy (non-hydrogen) atoms. The molecule has 2 amide bonds. The van der Waals surface area contributed by atoms with Crippen LogP contribution in [0.1, 0.15) is 15.9 Å². The Morgan fingerprint density at radius 2 is 1.84 bits per heavy atom. The highest BCUT2D eigenvalue weighted by molar-refractivity contribution is 7.91. The van der Waals surface area contributed by atoms with Crippen molar-refractivity contribution in [1.29, 1.82) is 0 Å². The van der Waals surface area contributed by atoms with Gasteiger partial charge in [0.2, 0.25) is 5.91 Å². The number of carbonyl (C=O) groups excluding carboxylic acids is 2. The van der Waals surface area contributed by atoms with Gasteiger partial charge in [0, 0.05) is 24.8 Å². The molecule has 162 valence electrons. The Labute approximate surface area is 183 Å². The molecule has 10 heteroatoms. The molecule has 0 bridgehead atoms. The van der Waals surface area contributed by atoms with Gasteiger partial charge in [-0.2, -0.15) is 4.31 Å². The lowest BCUT2D eigenvalue weighted by molar-refractivity contribution is -0.121. The Hall–Kier alpha value is -3.08. The molecule has 1 aromatic heterocycles. The number of anilines is 1. The molecule has 3 rings (SSSR count). The first-order chi connectivity index (χ1) is 14.8. The summed E-state index contributed by atoms with van der Waals surface area (Å²) in [7, 11) is -2.36. The molecular formula is C21H20FN3O4S2. The van der Waals surface area contributed by atoms with Gasteiger partial charge >= 0.3 is 0 Å². The van der Waals surface area contributed by atoms with Crippen LogP contribution in [-0.4, -0.2) is 38.1 Å². The van der Waals surface area contributed by atoms with Crippen LogP contribution in [0.3, 0.4) is 0 Å². The fourth-order valence-electron chi connectivity index (χ4n) is 2.70. The van der Waals surface area contributed by atoms with Crippen molar-refractivity contribution in [2.75, 3.05) is 18.9 Å². The van der Waals surface area contributed by atoms with Gasteiger partial charge in [0.15, 0.2) is 0 Å². The highest BCUT2D eigenvalue weighted by atomic mass is 32.2. The lowest BCUT2D eigenvalue weighted by Gasteiger charge is -2.16. The highest BCUT2D eigenvalue weighted by Crippen LogP contribution is 2.19. The van der Waals surface area contributed by atoms with Crippen molar-refractivity contribution in [2.24, 2.45) is 0 Å². The molecule has 0 atom stereocenters. The number of halogens is 1. The molecule has 7 nitrogen and oxygen atoms in total. The van der Waals surface area contributed by atoms with Crippen molar-refractivity contribution >= 4 is 38.9 Å². The van der Waals surface area contributed by atoms with E-state index in [1.165, 1.54) is 31.3 Å². The van der Waals surface area contributed by atoms with E-state index in [1.54, 1.807) is 35.7 Å². The van der Waals surface area contributed by atoms with Crippen molar-refractivity contribution in [3.05, 3.63) is 83.0 Å². The van der Waals surface area contributed by atoms with E-state index in [1.807, 2.05) is 0 Å². The van der Waals surface area contributed by atoms with E-state index < -0.39 is 27.7 Å². The number of amides is 2. The Morgan fingerprint density at radius 1 is 1.06 bits per heavy atom. The molecule has 0 saturated carbocycles. The second-order valence-electron chi connectivity index (χ2n) is 6.63. The summed E-state index contributed by atoms with van der Waals surface area (Å²) in [6, 6.07) is 15.3. The van der Waals surface area contributed by atoms with Crippen molar-refractivity contribution in [1.82, 2.24) is 9.62 Å². The minimum absolute atomic E-state index is 0.148. The third-order valence-corrected chi connectivity index (χ3v) is 7.46. The molecule has 0 spiro atoms. The number of thiophene rings is 1. The second-order valence-corrected chi connectivity index (χ2v) is 9.85. The minimum Gasteiger partial charge on any atom is -0.351 e. The van der Waals surface area contributed by atoms with Crippen LogP contribution in [0.5, 0.6) is 0 Å². The van der Waals surface area contributed by atoms with Gasteiger partial charge in [-0.3, -0.25) is 9.59 Å². The molecule has 0 unspecified atom stereocenters. The van der Waals surface area contributed by atoms with E-state index in [0.717, 1.165) is 21.7 Å². The lowest BCUT2D eigenvalue weighted by atomic mass is 10.1. The van der Waals surface area contributed by atoms with Gasteiger partial charge in [-0.15, -0.1) is 11.3 Å². The molecule has 2 N–H and O–H groups in total. The molecule has 3 aromatic rings. The molecular weight excluding hydrogens is 441 g/mol. The maximum absolute atomic E-state index is 13.3. The van der Waals surface area contributed by atoms with Gasteiger partial charge in [-0.25, -0.2) is 12.8 Å². The van der Waals surface area contributed by atoms with E-state index in [9.17, 15) is 22.4 Å². The van der Waals surface area contributed by atoms with Gasteiger partial charge in [0.1, 0.15) is 10.0 Å². The first-order valence-corrected chi connectivity index (χ1v) is 11.5. The van der Waals surface area contributed by atoms with Crippen molar-refractivity contribution in [2.45, 2.75) is 10.8 Å². The molecule has 0 aliphatic carbocycles. The predicted octanol–water partition coefficient (Wildman–Crippen LogP) is 3.08. The van der Waals surface area contributed by atoms with Crippen LogP contribution in [0.25, 0.3) is 0 Å². The Morgan fingerprint density at radius 3 is 2.55 bits per heavy atom. The second kappa shape index (κ2) is 9.82. The van der Waals surface area contributed by atoms with E-state index >= 15 is 0 Å². The number of likely N-dealkylation sites (N-methyl/N-ethyl adjacent to an activating group) is 1. The van der Waals surface area contributed by atoms with E-state index in [0.29, 0.717) is 11.3 Å². The Bertz CT molecular complexity index is 1180. The largest absolute Gasteiger partial charge is 0.351 e. The van der Waals surface area contributed by atoms with Crippen molar-refractivity contribution < 1.29 is 22.4 Å². The Balaban J connectivity index is 1.56. The number of hydrogen-bond acceptors (Lipinski definition) is 5. The quantitative estimate of drug-likeness (QED) is 0.539. The third kappa shape index (κ3) is 5.97. The minimum atomic E-state index is -3.71. The lowest BCUT2D eigenvalue weighted by Crippen LogP contribution is -2.37. The van der Waals surface area contributed by atoms with Crippen LogP contribution in [0.2, 0.25) is 0 Å². The third-order valence-electron chi connectivity index (χ3n) is 4.29. The number of nitrogens with one attached hydrogen (secondary N) is 2. The SMILES string of the molecule is CN(CC(=O)NCc1cccc(NC(=O)c2cccc(F)c2)c1)S(=O)(=O)c1cccs1. The van der Waals surface area contributed by atoms with Crippen LogP contribution >= 0.6 is 11.3 Å².